The van der Waals surface area contributed by atoms with Crippen molar-refractivity contribution in [3.63, 3.8) is 0 Å². The van der Waals surface area contributed by atoms with Crippen molar-refractivity contribution in [3.8, 4) is 5.75 Å². The summed E-state index contributed by atoms with van der Waals surface area (Å²) in [7, 11) is 0. The Labute approximate surface area is 144 Å². The molecule has 1 aromatic heterocycles. The number of aromatic nitrogens is 2. The Hall–Kier alpha value is -3.15. The molecule has 0 radical (unpaired) electrons. The van der Waals surface area contributed by atoms with Crippen LogP contribution in [0.4, 0.5) is 0 Å². The number of benzene rings is 2. The van der Waals surface area contributed by atoms with Gasteiger partial charge in [-0.25, -0.2) is 4.79 Å². The molecule has 128 valence electrons. The van der Waals surface area contributed by atoms with Gasteiger partial charge in [0.15, 0.2) is 0 Å². The zero-order chi connectivity index (χ0) is 17.8. The van der Waals surface area contributed by atoms with Gasteiger partial charge in [-0.1, -0.05) is 31.2 Å². The molecule has 0 aliphatic carbocycles. The maximum atomic E-state index is 12.5. The van der Waals surface area contributed by atoms with E-state index in [1.165, 1.54) is 6.21 Å². The third-order valence-electron chi connectivity index (χ3n) is 3.92. The molecular weight excluding hydrogens is 318 g/mol. The van der Waals surface area contributed by atoms with Crippen molar-refractivity contribution >= 4 is 17.1 Å². The SMILES string of the molecule is CC[C@H](C)Oc1ccccc1C=Nn1c(=O)[nH]c2ccccc2c1=O. The highest BCUT2D eigenvalue weighted by molar-refractivity contribution is 5.83. The molecule has 0 unspecified atom stereocenters. The Balaban J connectivity index is 2.03. The van der Waals surface area contributed by atoms with Crippen LogP contribution in [0.1, 0.15) is 25.8 Å². The van der Waals surface area contributed by atoms with Crippen molar-refractivity contribution in [2.24, 2.45) is 5.10 Å². The van der Waals surface area contributed by atoms with Crippen molar-refractivity contribution in [3.05, 3.63) is 74.9 Å². The first-order valence-corrected chi connectivity index (χ1v) is 8.14. The summed E-state index contributed by atoms with van der Waals surface area (Å²) in [6, 6.07) is 14.2. The van der Waals surface area contributed by atoms with Gasteiger partial charge in [-0.2, -0.15) is 5.10 Å². The highest BCUT2D eigenvalue weighted by Crippen LogP contribution is 2.18. The number of para-hydroxylation sites is 2. The number of aromatic amines is 1. The smallest absolute Gasteiger partial charge is 0.349 e. The van der Waals surface area contributed by atoms with E-state index in [0.717, 1.165) is 11.1 Å². The van der Waals surface area contributed by atoms with Crippen molar-refractivity contribution in [2.45, 2.75) is 26.4 Å². The molecule has 25 heavy (non-hydrogen) atoms. The lowest BCUT2D eigenvalue weighted by Gasteiger charge is -2.14. The summed E-state index contributed by atoms with van der Waals surface area (Å²) < 4.78 is 6.67. The summed E-state index contributed by atoms with van der Waals surface area (Å²) in [5.74, 6) is 0.658. The standard InChI is InChI=1S/C19H19N3O3/c1-3-13(2)25-17-11-7-4-8-14(17)12-20-22-18(23)15-9-5-6-10-16(15)21-19(22)24/h4-13H,3H2,1-2H3,(H,21,24)/t13-/m0/s1. The summed E-state index contributed by atoms with van der Waals surface area (Å²) >= 11 is 0. The fourth-order valence-corrected chi connectivity index (χ4v) is 2.37. The lowest BCUT2D eigenvalue weighted by Crippen LogP contribution is -2.32. The summed E-state index contributed by atoms with van der Waals surface area (Å²) in [5.41, 5.74) is 0.142. The molecule has 3 aromatic rings. The molecule has 1 atom stereocenters. The molecule has 0 spiro atoms. The molecule has 6 heteroatoms. The van der Waals surface area contributed by atoms with Crippen molar-refractivity contribution in [1.29, 1.82) is 0 Å². The monoisotopic (exact) mass is 337 g/mol. The molecule has 2 aromatic carbocycles. The predicted octanol–water partition coefficient (Wildman–Crippen LogP) is 2.75. The van der Waals surface area contributed by atoms with Gasteiger partial charge in [0.2, 0.25) is 0 Å². The molecule has 0 aliphatic heterocycles. The van der Waals surface area contributed by atoms with Gasteiger partial charge in [-0.3, -0.25) is 4.79 Å². The van der Waals surface area contributed by atoms with Crippen LogP contribution in [0.5, 0.6) is 5.75 Å². The molecule has 0 bridgehead atoms. The van der Waals surface area contributed by atoms with Crippen LogP contribution in [0, 0.1) is 0 Å². The van der Waals surface area contributed by atoms with Crippen molar-refractivity contribution in [1.82, 2.24) is 9.66 Å². The van der Waals surface area contributed by atoms with E-state index in [4.69, 9.17) is 4.74 Å². The van der Waals surface area contributed by atoms with Gasteiger partial charge in [0.05, 0.1) is 23.2 Å². The Morgan fingerprint density at radius 3 is 2.68 bits per heavy atom. The van der Waals surface area contributed by atoms with E-state index in [1.807, 2.05) is 38.1 Å². The first-order valence-electron chi connectivity index (χ1n) is 8.14. The Morgan fingerprint density at radius 2 is 1.88 bits per heavy atom. The van der Waals surface area contributed by atoms with Crippen LogP contribution in [0.2, 0.25) is 0 Å². The topological polar surface area (TPSA) is 76.5 Å². The average Bonchev–Trinajstić information content (AvgIpc) is 2.62. The van der Waals surface area contributed by atoms with Gasteiger partial charge in [-0.15, -0.1) is 4.68 Å². The maximum absolute atomic E-state index is 12.5. The highest BCUT2D eigenvalue weighted by atomic mass is 16.5. The first kappa shape index (κ1) is 16.7. The summed E-state index contributed by atoms with van der Waals surface area (Å²) in [6.45, 7) is 4.02. The van der Waals surface area contributed by atoms with Crippen LogP contribution in [0.25, 0.3) is 10.9 Å². The van der Waals surface area contributed by atoms with Gasteiger partial charge in [0.25, 0.3) is 5.56 Å². The lowest BCUT2D eigenvalue weighted by atomic mass is 10.2. The van der Waals surface area contributed by atoms with E-state index in [9.17, 15) is 9.59 Å². The number of nitrogens with one attached hydrogen (secondary N) is 1. The second-order valence-electron chi connectivity index (χ2n) is 5.71. The summed E-state index contributed by atoms with van der Waals surface area (Å²) in [6.07, 6.45) is 2.39. The molecule has 0 saturated heterocycles. The van der Waals surface area contributed by atoms with Crippen LogP contribution >= 0.6 is 0 Å². The van der Waals surface area contributed by atoms with E-state index in [2.05, 4.69) is 10.1 Å². The molecule has 0 fully saturated rings. The molecule has 0 amide bonds. The van der Waals surface area contributed by atoms with E-state index < -0.39 is 11.2 Å². The molecule has 0 saturated carbocycles. The molecule has 0 aliphatic rings. The molecule has 1 heterocycles. The number of rotatable bonds is 5. The van der Waals surface area contributed by atoms with Crippen LogP contribution in [-0.2, 0) is 0 Å². The third kappa shape index (κ3) is 3.52. The quantitative estimate of drug-likeness (QED) is 0.727. The minimum absolute atomic E-state index is 0.0568. The third-order valence-corrected chi connectivity index (χ3v) is 3.92. The molecule has 1 N–H and O–H groups in total. The van der Waals surface area contributed by atoms with Gasteiger partial charge in [0.1, 0.15) is 5.75 Å². The minimum Gasteiger partial charge on any atom is -0.490 e. The van der Waals surface area contributed by atoms with Crippen LogP contribution in [0.15, 0.2) is 63.2 Å². The molecule has 3 rings (SSSR count). The van der Waals surface area contributed by atoms with Crippen LogP contribution < -0.4 is 16.0 Å². The van der Waals surface area contributed by atoms with Crippen LogP contribution in [0.3, 0.4) is 0 Å². The Morgan fingerprint density at radius 1 is 1.16 bits per heavy atom. The average molecular weight is 337 g/mol. The molecular formula is C19H19N3O3. The van der Waals surface area contributed by atoms with Crippen molar-refractivity contribution in [2.75, 3.05) is 0 Å². The Bertz CT molecular complexity index is 1030. The zero-order valence-electron chi connectivity index (χ0n) is 14.1. The number of ether oxygens (including phenoxy) is 1. The molecule has 6 nitrogen and oxygen atoms in total. The second-order valence-corrected chi connectivity index (χ2v) is 5.71. The number of hydrogen-bond acceptors (Lipinski definition) is 4. The Kier molecular flexibility index (Phi) is 4.79. The normalized spacial score (nSPS) is 12.6. The van der Waals surface area contributed by atoms with Gasteiger partial charge >= 0.3 is 5.69 Å². The second kappa shape index (κ2) is 7.17. The van der Waals surface area contributed by atoms with E-state index in [-0.39, 0.29) is 6.10 Å². The van der Waals surface area contributed by atoms with E-state index in [1.54, 1.807) is 24.3 Å². The lowest BCUT2D eigenvalue weighted by molar-refractivity contribution is 0.217. The van der Waals surface area contributed by atoms with E-state index >= 15 is 0 Å². The highest BCUT2D eigenvalue weighted by Gasteiger charge is 2.07. The van der Waals surface area contributed by atoms with Crippen LogP contribution in [-0.4, -0.2) is 22.0 Å². The fraction of sp³-hybridized carbons (Fsp3) is 0.211. The minimum atomic E-state index is -0.583. The maximum Gasteiger partial charge on any atom is 0.349 e. The number of fused-ring (bicyclic) bond motifs is 1. The fourth-order valence-electron chi connectivity index (χ4n) is 2.37. The van der Waals surface area contributed by atoms with Crippen molar-refractivity contribution < 1.29 is 4.74 Å². The summed E-state index contributed by atoms with van der Waals surface area (Å²) in [4.78, 5) is 27.3. The van der Waals surface area contributed by atoms with Gasteiger partial charge < -0.3 is 9.72 Å². The predicted molar refractivity (Wildman–Crippen MR) is 98.6 cm³/mol. The van der Waals surface area contributed by atoms with Gasteiger partial charge in [-0.05, 0) is 37.6 Å². The largest absolute Gasteiger partial charge is 0.490 e. The van der Waals surface area contributed by atoms with E-state index in [0.29, 0.717) is 22.2 Å². The first-order chi connectivity index (χ1) is 12.1. The number of hydrogen-bond donors (Lipinski definition) is 1. The zero-order valence-corrected chi connectivity index (χ0v) is 14.1. The number of nitrogens with zero attached hydrogens (tertiary/aromatic N) is 2. The van der Waals surface area contributed by atoms with Gasteiger partial charge in [0, 0.05) is 5.56 Å². The summed E-state index contributed by atoms with van der Waals surface area (Å²) in [5, 5.41) is 4.48. The number of H-pyrrole nitrogens is 1.